The quantitative estimate of drug-likeness (QED) is 0.612. The molecule has 2 aliphatic heterocycles. The molecule has 19 heavy (non-hydrogen) atoms. The van der Waals surface area contributed by atoms with Crippen molar-refractivity contribution >= 4 is 5.96 Å². The maximum Gasteiger partial charge on any atom is 0.193 e. The maximum absolute atomic E-state index is 5.60. The second kappa shape index (κ2) is 5.70. The van der Waals surface area contributed by atoms with Crippen molar-refractivity contribution in [2.24, 2.45) is 16.3 Å². The molecule has 0 radical (unpaired) electrons. The second-order valence-electron chi connectivity index (χ2n) is 6.55. The summed E-state index contributed by atoms with van der Waals surface area (Å²) in [5, 5.41) is 3.59. The van der Waals surface area contributed by atoms with Gasteiger partial charge in [0.15, 0.2) is 5.96 Å². The van der Waals surface area contributed by atoms with E-state index in [9.17, 15) is 0 Å². The SMILES string of the molecule is CN=C(NCC1CCCC1)N1CCC2(CCOC2)C1. The van der Waals surface area contributed by atoms with Crippen LogP contribution in [0.4, 0.5) is 0 Å². The lowest BCUT2D eigenvalue weighted by Gasteiger charge is -2.25. The molecule has 0 aromatic heterocycles. The number of likely N-dealkylation sites (tertiary alicyclic amines) is 1. The van der Waals surface area contributed by atoms with Gasteiger partial charge in [0.2, 0.25) is 0 Å². The molecule has 108 valence electrons. The van der Waals surface area contributed by atoms with Gasteiger partial charge >= 0.3 is 0 Å². The molecule has 4 heteroatoms. The minimum atomic E-state index is 0.422. The molecule has 2 saturated heterocycles. The van der Waals surface area contributed by atoms with Gasteiger partial charge in [0, 0.05) is 38.7 Å². The van der Waals surface area contributed by atoms with E-state index in [-0.39, 0.29) is 0 Å². The third kappa shape index (κ3) is 2.88. The minimum absolute atomic E-state index is 0.422. The Kier molecular flexibility index (Phi) is 3.96. The average Bonchev–Trinajstić information content (AvgIpc) is 3.15. The zero-order valence-corrected chi connectivity index (χ0v) is 12.2. The standard InChI is InChI=1S/C15H27N3O/c1-16-14(17-10-13-4-2-3-5-13)18-8-6-15(11-18)7-9-19-12-15/h13H,2-12H2,1H3,(H,16,17). The topological polar surface area (TPSA) is 36.9 Å². The van der Waals surface area contributed by atoms with Crippen LogP contribution in [0.1, 0.15) is 38.5 Å². The van der Waals surface area contributed by atoms with Gasteiger partial charge < -0.3 is 15.0 Å². The highest BCUT2D eigenvalue weighted by Crippen LogP contribution is 2.38. The summed E-state index contributed by atoms with van der Waals surface area (Å²) in [6.45, 7) is 5.25. The monoisotopic (exact) mass is 265 g/mol. The molecular formula is C15H27N3O. The van der Waals surface area contributed by atoms with Crippen LogP contribution in [0.25, 0.3) is 0 Å². The third-order valence-electron chi connectivity index (χ3n) is 5.16. The molecule has 1 unspecified atom stereocenters. The van der Waals surface area contributed by atoms with Gasteiger partial charge in [0.05, 0.1) is 6.61 Å². The molecule has 4 nitrogen and oxygen atoms in total. The van der Waals surface area contributed by atoms with E-state index < -0.39 is 0 Å². The van der Waals surface area contributed by atoms with Crippen LogP contribution >= 0.6 is 0 Å². The molecule has 0 bridgehead atoms. The molecule has 2 heterocycles. The van der Waals surface area contributed by atoms with Crippen molar-refractivity contribution in [1.82, 2.24) is 10.2 Å². The lowest BCUT2D eigenvalue weighted by atomic mass is 9.87. The van der Waals surface area contributed by atoms with Gasteiger partial charge in [0.25, 0.3) is 0 Å². The lowest BCUT2D eigenvalue weighted by Crippen LogP contribution is -2.42. The van der Waals surface area contributed by atoms with E-state index in [1.54, 1.807) is 0 Å². The Morgan fingerprint density at radius 2 is 2.21 bits per heavy atom. The summed E-state index contributed by atoms with van der Waals surface area (Å²) in [5.41, 5.74) is 0.422. The highest BCUT2D eigenvalue weighted by molar-refractivity contribution is 5.80. The summed E-state index contributed by atoms with van der Waals surface area (Å²) in [4.78, 5) is 6.91. The summed E-state index contributed by atoms with van der Waals surface area (Å²) in [7, 11) is 1.91. The van der Waals surface area contributed by atoms with E-state index >= 15 is 0 Å². The summed E-state index contributed by atoms with van der Waals surface area (Å²) < 4.78 is 5.60. The normalized spacial score (nSPS) is 32.7. The first kappa shape index (κ1) is 13.2. The molecule has 1 atom stereocenters. The van der Waals surface area contributed by atoms with Gasteiger partial charge in [0.1, 0.15) is 0 Å². The molecule has 0 amide bonds. The van der Waals surface area contributed by atoms with E-state index in [1.165, 1.54) is 38.5 Å². The summed E-state index contributed by atoms with van der Waals surface area (Å²) in [6, 6.07) is 0. The van der Waals surface area contributed by atoms with E-state index in [1.807, 2.05) is 7.05 Å². The predicted molar refractivity (Wildman–Crippen MR) is 77.4 cm³/mol. The summed E-state index contributed by atoms with van der Waals surface area (Å²) in [5.74, 6) is 1.97. The van der Waals surface area contributed by atoms with E-state index in [4.69, 9.17) is 4.74 Å². The molecule has 1 saturated carbocycles. The van der Waals surface area contributed by atoms with E-state index in [0.29, 0.717) is 5.41 Å². The molecule has 1 spiro atoms. The summed E-state index contributed by atoms with van der Waals surface area (Å²) in [6.07, 6.45) is 8.09. The van der Waals surface area contributed by atoms with Crippen molar-refractivity contribution in [1.29, 1.82) is 0 Å². The Morgan fingerprint density at radius 3 is 2.89 bits per heavy atom. The van der Waals surface area contributed by atoms with Crippen molar-refractivity contribution in [2.75, 3.05) is 39.9 Å². The molecule has 1 N–H and O–H groups in total. The number of hydrogen-bond acceptors (Lipinski definition) is 2. The van der Waals surface area contributed by atoms with Crippen LogP contribution in [0.3, 0.4) is 0 Å². The van der Waals surface area contributed by atoms with E-state index in [0.717, 1.165) is 44.7 Å². The summed E-state index contributed by atoms with van der Waals surface area (Å²) >= 11 is 0. The lowest BCUT2D eigenvalue weighted by molar-refractivity contribution is 0.156. The molecule has 3 aliphatic rings. The van der Waals surface area contributed by atoms with Crippen LogP contribution in [0, 0.1) is 11.3 Å². The fourth-order valence-electron chi connectivity index (χ4n) is 3.87. The van der Waals surface area contributed by atoms with Gasteiger partial charge in [-0.15, -0.1) is 0 Å². The first-order valence-electron chi connectivity index (χ1n) is 7.85. The average molecular weight is 265 g/mol. The van der Waals surface area contributed by atoms with E-state index in [2.05, 4.69) is 15.2 Å². The number of nitrogens with one attached hydrogen (secondary N) is 1. The molecule has 3 fully saturated rings. The molecular weight excluding hydrogens is 238 g/mol. The number of ether oxygens (including phenoxy) is 1. The first-order chi connectivity index (χ1) is 9.31. The van der Waals surface area contributed by atoms with Gasteiger partial charge in [-0.05, 0) is 31.6 Å². The largest absolute Gasteiger partial charge is 0.381 e. The van der Waals surface area contributed by atoms with Crippen LogP contribution in [-0.4, -0.2) is 50.8 Å². The second-order valence-corrected chi connectivity index (χ2v) is 6.55. The van der Waals surface area contributed by atoms with Crippen LogP contribution < -0.4 is 5.32 Å². The van der Waals surface area contributed by atoms with Gasteiger partial charge in [-0.3, -0.25) is 4.99 Å². The van der Waals surface area contributed by atoms with Gasteiger partial charge in [-0.1, -0.05) is 12.8 Å². The molecule has 1 aliphatic carbocycles. The van der Waals surface area contributed by atoms with Crippen LogP contribution in [-0.2, 0) is 4.74 Å². The van der Waals surface area contributed by atoms with Crippen LogP contribution in [0.15, 0.2) is 4.99 Å². The zero-order chi connectivity index (χ0) is 13.1. The highest BCUT2D eigenvalue weighted by atomic mass is 16.5. The van der Waals surface area contributed by atoms with Crippen molar-refractivity contribution < 1.29 is 4.74 Å². The Bertz CT molecular complexity index is 330. The van der Waals surface area contributed by atoms with Gasteiger partial charge in [-0.25, -0.2) is 0 Å². The number of hydrogen-bond donors (Lipinski definition) is 1. The van der Waals surface area contributed by atoms with Crippen LogP contribution in [0.2, 0.25) is 0 Å². The molecule has 3 rings (SSSR count). The third-order valence-corrected chi connectivity index (χ3v) is 5.16. The zero-order valence-electron chi connectivity index (χ0n) is 12.2. The smallest absolute Gasteiger partial charge is 0.193 e. The highest BCUT2D eigenvalue weighted by Gasteiger charge is 2.42. The Labute approximate surface area is 116 Å². The van der Waals surface area contributed by atoms with Crippen molar-refractivity contribution in [3.8, 4) is 0 Å². The molecule has 0 aromatic rings. The number of guanidine groups is 1. The van der Waals surface area contributed by atoms with Crippen molar-refractivity contribution in [3.05, 3.63) is 0 Å². The Morgan fingerprint density at radius 1 is 1.37 bits per heavy atom. The number of rotatable bonds is 2. The predicted octanol–water partition coefficient (Wildman–Crippen LogP) is 1.86. The maximum atomic E-state index is 5.60. The fourth-order valence-corrected chi connectivity index (χ4v) is 3.87. The van der Waals surface area contributed by atoms with Crippen molar-refractivity contribution in [3.63, 3.8) is 0 Å². The van der Waals surface area contributed by atoms with Crippen LogP contribution in [0.5, 0.6) is 0 Å². The first-order valence-corrected chi connectivity index (χ1v) is 7.85. The Balaban J connectivity index is 1.51. The number of aliphatic imine (C=N–C) groups is 1. The van der Waals surface area contributed by atoms with Crippen molar-refractivity contribution in [2.45, 2.75) is 38.5 Å². The Hall–Kier alpha value is -0.770. The minimum Gasteiger partial charge on any atom is -0.381 e. The number of nitrogens with zero attached hydrogens (tertiary/aromatic N) is 2. The molecule has 0 aromatic carbocycles. The fraction of sp³-hybridized carbons (Fsp3) is 0.933. The van der Waals surface area contributed by atoms with Gasteiger partial charge in [-0.2, -0.15) is 0 Å².